The van der Waals surface area contributed by atoms with Crippen LogP contribution < -0.4 is 5.32 Å². The van der Waals surface area contributed by atoms with Crippen LogP contribution >= 0.6 is 0 Å². The van der Waals surface area contributed by atoms with Gasteiger partial charge in [0, 0.05) is 19.0 Å². The molecule has 2 aliphatic rings. The third-order valence-electron chi connectivity index (χ3n) is 4.52. The van der Waals surface area contributed by atoms with Crippen molar-refractivity contribution >= 4 is 17.8 Å². The summed E-state index contributed by atoms with van der Waals surface area (Å²) in [5.74, 6) is -1.79. The van der Waals surface area contributed by atoms with E-state index in [4.69, 9.17) is 5.11 Å². The molecule has 1 saturated carbocycles. The van der Waals surface area contributed by atoms with Gasteiger partial charge in [0.05, 0.1) is 5.92 Å². The van der Waals surface area contributed by atoms with Crippen LogP contribution in [0.4, 0.5) is 0 Å². The Morgan fingerprint density at radius 2 is 2.09 bits per heavy atom. The second kappa shape index (κ2) is 7.42. The number of nitrogens with one attached hydrogen (secondary N) is 1. The van der Waals surface area contributed by atoms with Crippen LogP contribution in [0.1, 0.15) is 45.4 Å². The van der Waals surface area contributed by atoms with Gasteiger partial charge < -0.3 is 15.3 Å². The van der Waals surface area contributed by atoms with Crippen molar-refractivity contribution in [2.24, 2.45) is 5.92 Å². The van der Waals surface area contributed by atoms with E-state index in [-0.39, 0.29) is 30.7 Å². The number of aliphatic carboxylic acids is 1. The largest absolute Gasteiger partial charge is 0.480 e. The van der Waals surface area contributed by atoms with E-state index in [1.165, 1.54) is 0 Å². The Balaban J connectivity index is 1.92. The van der Waals surface area contributed by atoms with Gasteiger partial charge >= 0.3 is 5.97 Å². The molecule has 2 unspecified atom stereocenters. The second-order valence-electron chi connectivity index (χ2n) is 6.09. The molecular weight excluding hydrogens is 284 g/mol. The average Bonchev–Trinajstić information content (AvgIpc) is 3.11. The summed E-state index contributed by atoms with van der Waals surface area (Å²) in [4.78, 5) is 37.3. The summed E-state index contributed by atoms with van der Waals surface area (Å²) >= 11 is 0. The summed E-state index contributed by atoms with van der Waals surface area (Å²) in [6.45, 7) is 2.22. The molecule has 2 N–H and O–H groups in total. The highest BCUT2D eigenvalue weighted by Crippen LogP contribution is 2.29. The minimum absolute atomic E-state index is 0.0207. The maximum Gasteiger partial charge on any atom is 0.326 e. The molecule has 2 amide bonds. The Labute approximate surface area is 130 Å². The topological polar surface area (TPSA) is 86.7 Å². The van der Waals surface area contributed by atoms with Crippen LogP contribution in [0.5, 0.6) is 0 Å². The monoisotopic (exact) mass is 308 g/mol. The lowest BCUT2D eigenvalue weighted by molar-refractivity contribution is -0.142. The summed E-state index contributed by atoms with van der Waals surface area (Å²) in [6, 6.07) is -0.664. The smallest absolute Gasteiger partial charge is 0.326 e. The van der Waals surface area contributed by atoms with Gasteiger partial charge in [-0.3, -0.25) is 9.59 Å². The van der Waals surface area contributed by atoms with Crippen LogP contribution in [0.2, 0.25) is 0 Å². The maximum atomic E-state index is 12.3. The zero-order valence-corrected chi connectivity index (χ0v) is 13.0. The molecule has 1 saturated heterocycles. The fraction of sp³-hybridized carbons (Fsp3) is 0.688. The van der Waals surface area contributed by atoms with Gasteiger partial charge in [-0.1, -0.05) is 25.0 Å². The Bertz CT molecular complexity index is 469. The molecule has 6 heteroatoms. The average molecular weight is 308 g/mol. The lowest BCUT2D eigenvalue weighted by Crippen LogP contribution is -2.44. The maximum absolute atomic E-state index is 12.3. The molecule has 2 fully saturated rings. The molecule has 0 aromatic rings. The van der Waals surface area contributed by atoms with Crippen molar-refractivity contribution < 1.29 is 19.5 Å². The van der Waals surface area contributed by atoms with E-state index in [0.717, 1.165) is 25.7 Å². The first-order valence-corrected chi connectivity index (χ1v) is 7.96. The van der Waals surface area contributed by atoms with Crippen molar-refractivity contribution in [3.8, 4) is 0 Å². The number of nitrogens with zero attached hydrogens (tertiary/aromatic N) is 1. The van der Waals surface area contributed by atoms with E-state index in [0.29, 0.717) is 6.54 Å². The molecule has 2 atom stereocenters. The zero-order chi connectivity index (χ0) is 16.1. The number of carboxylic acid groups (broad SMARTS) is 1. The molecule has 0 aromatic heterocycles. The highest BCUT2D eigenvalue weighted by atomic mass is 16.4. The van der Waals surface area contributed by atoms with Crippen LogP contribution in [-0.2, 0) is 14.4 Å². The molecule has 6 nitrogen and oxygen atoms in total. The van der Waals surface area contributed by atoms with Gasteiger partial charge in [0.25, 0.3) is 0 Å². The molecule has 122 valence electrons. The Morgan fingerprint density at radius 1 is 1.41 bits per heavy atom. The first-order chi connectivity index (χ1) is 10.5. The van der Waals surface area contributed by atoms with Crippen LogP contribution in [0.15, 0.2) is 12.2 Å². The van der Waals surface area contributed by atoms with Crippen molar-refractivity contribution in [3.05, 3.63) is 12.2 Å². The van der Waals surface area contributed by atoms with E-state index in [2.05, 4.69) is 5.32 Å². The first kappa shape index (κ1) is 16.5. The predicted octanol–water partition coefficient (Wildman–Crippen LogP) is 1.31. The highest BCUT2D eigenvalue weighted by Gasteiger charge is 2.39. The van der Waals surface area contributed by atoms with Gasteiger partial charge in [-0.15, -0.1) is 0 Å². The zero-order valence-electron chi connectivity index (χ0n) is 13.0. The van der Waals surface area contributed by atoms with E-state index in [9.17, 15) is 14.4 Å². The number of likely N-dealkylation sites (tertiary alicyclic amines) is 1. The number of hydrogen-bond donors (Lipinski definition) is 2. The van der Waals surface area contributed by atoms with Crippen LogP contribution in [0.3, 0.4) is 0 Å². The molecule has 2 rings (SSSR count). The number of carbonyl (C=O) groups is 3. The number of amides is 2. The predicted molar refractivity (Wildman–Crippen MR) is 81.1 cm³/mol. The second-order valence-corrected chi connectivity index (χ2v) is 6.09. The van der Waals surface area contributed by atoms with Gasteiger partial charge in [0.15, 0.2) is 0 Å². The summed E-state index contributed by atoms with van der Waals surface area (Å²) in [6.07, 6.45) is 8.21. The quantitative estimate of drug-likeness (QED) is 0.724. The van der Waals surface area contributed by atoms with Crippen LogP contribution in [0, 0.1) is 5.92 Å². The fourth-order valence-corrected chi connectivity index (χ4v) is 3.26. The summed E-state index contributed by atoms with van der Waals surface area (Å²) in [7, 11) is 0. The molecule has 22 heavy (non-hydrogen) atoms. The van der Waals surface area contributed by atoms with Crippen LogP contribution in [-0.4, -0.2) is 46.4 Å². The van der Waals surface area contributed by atoms with Gasteiger partial charge in [0.1, 0.15) is 6.04 Å². The number of carboxylic acids is 1. The molecule has 0 bridgehead atoms. The van der Waals surface area contributed by atoms with Gasteiger partial charge in [0.2, 0.25) is 11.8 Å². The lowest BCUT2D eigenvalue weighted by Gasteiger charge is -2.24. The first-order valence-electron chi connectivity index (χ1n) is 7.96. The SMILES string of the molecule is C/C=C/CC(NC(=O)C1CC(=O)N(C2CCCC2)C1)C(=O)O. The lowest BCUT2D eigenvalue weighted by atomic mass is 10.1. The minimum atomic E-state index is -1.05. The summed E-state index contributed by atoms with van der Waals surface area (Å²) < 4.78 is 0. The Hall–Kier alpha value is -1.85. The number of hydrogen-bond acceptors (Lipinski definition) is 3. The van der Waals surface area contributed by atoms with Crippen molar-refractivity contribution in [1.29, 1.82) is 0 Å². The third-order valence-corrected chi connectivity index (χ3v) is 4.52. The van der Waals surface area contributed by atoms with Crippen molar-refractivity contribution in [2.75, 3.05) is 6.54 Å². The number of carbonyl (C=O) groups excluding carboxylic acids is 2. The molecule has 0 spiro atoms. The Morgan fingerprint density at radius 3 is 2.68 bits per heavy atom. The van der Waals surface area contributed by atoms with E-state index in [1.807, 2.05) is 4.90 Å². The standard InChI is InChI=1S/C16H24N2O4/c1-2-3-8-13(16(21)22)17-15(20)11-9-14(19)18(10-11)12-6-4-5-7-12/h2-3,11-13H,4-10H2,1H3,(H,17,20)(H,21,22)/b3-2+. The number of allylic oxidation sites excluding steroid dienone is 1. The van der Waals surface area contributed by atoms with Crippen molar-refractivity contribution in [3.63, 3.8) is 0 Å². The molecule has 0 aromatic carbocycles. The number of rotatable bonds is 6. The molecule has 1 heterocycles. The van der Waals surface area contributed by atoms with Gasteiger partial charge in [-0.2, -0.15) is 0 Å². The normalized spacial score (nSPS) is 24.1. The van der Waals surface area contributed by atoms with Crippen LogP contribution in [0.25, 0.3) is 0 Å². The molecular formula is C16H24N2O4. The van der Waals surface area contributed by atoms with E-state index >= 15 is 0 Å². The van der Waals surface area contributed by atoms with Crippen molar-refractivity contribution in [2.45, 2.75) is 57.5 Å². The van der Waals surface area contributed by atoms with E-state index < -0.39 is 17.9 Å². The fourth-order valence-electron chi connectivity index (χ4n) is 3.26. The summed E-state index contributed by atoms with van der Waals surface area (Å²) in [5.41, 5.74) is 0. The molecule has 1 aliphatic heterocycles. The molecule has 1 aliphatic carbocycles. The minimum Gasteiger partial charge on any atom is -0.480 e. The Kier molecular flexibility index (Phi) is 5.57. The van der Waals surface area contributed by atoms with Gasteiger partial charge in [-0.25, -0.2) is 4.79 Å². The van der Waals surface area contributed by atoms with Crippen molar-refractivity contribution in [1.82, 2.24) is 10.2 Å². The third kappa shape index (κ3) is 3.87. The van der Waals surface area contributed by atoms with E-state index in [1.54, 1.807) is 19.1 Å². The molecule has 0 radical (unpaired) electrons. The van der Waals surface area contributed by atoms with Gasteiger partial charge in [-0.05, 0) is 26.2 Å². The highest BCUT2D eigenvalue weighted by molar-refractivity contribution is 5.91. The summed E-state index contributed by atoms with van der Waals surface area (Å²) in [5, 5.41) is 11.7.